The Balaban J connectivity index is 1.95. The lowest BCUT2D eigenvalue weighted by Crippen LogP contribution is -2.03. The van der Waals surface area contributed by atoms with E-state index < -0.39 is 0 Å². The van der Waals surface area contributed by atoms with Gasteiger partial charge < -0.3 is 0 Å². The Morgan fingerprint density at radius 3 is 2.64 bits per heavy atom. The molecule has 0 spiro atoms. The first-order valence-corrected chi connectivity index (χ1v) is 6.04. The molecule has 0 saturated carbocycles. The summed E-state index contributed by atoms with van der Waals surface area (Å²) in [6, 6.07) is 0. The fraction of sp³-hybridized carbons (Fsp3) is 1.00. The SMILES string of the molecule is CC(S)CC(C)CCC1CS1. The van der Waals surface area contributed by atoms with Gasteiger partial charge in [-0.1, -0.05) is 13.8 Å². The van der Waals surface area contributed by atoms with Crippen molar-refractivity contribution in [3.8, 4) is 0 Å². The molecule has 1 saturated heterocycles. The summed E-state index contributed by atoms with van der Waals surface area (Å²) in [5.41, 5.74) is 0. The van der Waals surface area contributed by atoms with Gasteiger partial charge in [-0.05, 0) is 30.4 Å². The van der Waals surface area contributed by atoms with Crippen molar-refractivity contribution in [3.63, 3.8) is 0 Å². The molecule has 2 heteroatoms. The normalized spacial score (nSPS) is 28.1. The van der Waals surface area contributed by atoms with E-state index in [1.165, 1.54) is 25.0 Å². The van der Waals surface area contributed by atoms with Crippen molar-refractivity contribution in [1.29, 1.82) is 0 Å². The van der Waals surface area contributed by atoms with E-state index in [0.717, 1.165) is 11.2 Å². The van der Waals surface area contributed by atoms with E-state index >= 15 is 0 Å². The molecule has 0 amide bonds. The summed E-state index contributed by atoms with van der Waals surface area (Å²) in [5.74, 6) is 2.30. The van der Waals surface area contributed by atoms with Gasteiger partial charge in [-0.3, -0.25) is 0 Å². The zero-order chi connectivity index (χ0) is 8.27. The summed E-state index contributed by atoms with van der Waals surface area (Å²) in [6.45, 7) is 4.53. The van der Waals surface area contributed by atoms with Crippen molar-refractivity contribution in [3.05, 3.63) is 0 Å². The topological polar surface area (TPSA) is 0 Å². The maximum absolute atomic E-state index is 4.39. The van der Waals surface area contributed by atoms with Crippen molar-refractivity contribution < 1.29 is 0 Å². The minimum atomic E-state index is 0.580. The Morgan fingerprint density at radius 1 is 1.55 bits per heavy atom. The lowest BCUT2D eigenvalue weighted by Gasteiger charge is -2.12. The Kier molecular flexibility index (Phi) is 4.14. The zero-order valence-corrected chi connectivity index (χ0v) is 9.13. The van der Waals surface area contributed by atoms with E-state index in [1.54, 1.807) is 0 Å². The van der Waals surface area contributed by atoms with Crippen molar-refractivity contribution in [1.82, 2.24) is 0 Å². The van der Waals surface area contributed by atoms with Crippen LogP contribution in [0.2, 0.25) is 0 Å². The lowest BCUT2D eigenvalue weighted by atomic mass is 9.99. The standard InChI is InChI=1S/C9H18S2/c1-7(5-8(2)10)3-4-9-6-11-9/h7-10H,3-6H2,1-2H3. The molecular formula is C9H18S2. The van der Waals surface area contributed by atoms with Crippen molar-refractivity contribution in [2.24, 2.45) is 5.92 Å². The van der Waals surface area contributed by atoms with Crippen molar-refractivity contribution >= 4 is 24.4 Å². The van der Waals surface area contributed by atoms with Gasteiger partial charge in [-0.2, -0.15) is 24.4 Å². The average molecular weight is 190 g/mol. The van der Waals surface area contributed by atoms with Gasteiger partial charge in [0.1, 0.15) is 0 Å². The van der Waals surface area contributed by atoms with E-state index in [2.05, 4.69) is 38.2 Å². The molecule has 0 nitrogen and oxygen atoms in total. The summed E-state index contributed by atoms with van der Waals surface area (Å²) < 4.78 is 0. The first-order chi connectivity index (χ1) is 5.18. The molecule has 0 aromatic heterocycles. The first kappa shape index (κ1) is 9.79. The second-order valence-electron chi connectivity index (χ2n) is 3.72. The van der Waals surface area contributed by atoms with Crippen LogP contribution in [0.1, 0.15) is 33.1 Å². The van der Waals surface area contributed by atoms with Gasteiger partial charge in [-0.25, -0.2) is 0 Å². The van der Waals surface area contributed by atoms with Gasteiger partial charge >= 0.3 is 0 Å². The summed E-state index contributed by atoms with van der Waals surface area (Å²) in [4.78, 5) is 0. The summed E-state index contributed by atoms with van der Waals surface area (Å²) >= 11 is 6.50. The maximum atomic E-state index is 4.39. The summed E-state index contributed by atoms with van der Waals surface area (Å²) in [6.07, 6.45) is 4.12. The molecule has 1 heterocycles. The average Bonchev–Trinajstić information content (AvgIpc) is 2.63. The molecule has 3 atom stereocenters. The summed E-state index contributed by atoms with van der Waals surface area (Å²) in [5, 5.41) is 1.60. The molecule has 0 N–H and O–H groups in total. The molecule has 1 aliphatic heterocycles. The highest BCUT2D eigenvalue weighted by Gasteiger charge is 2.22. The number of thiol groups is 1. The molecular weight excluding hydrogens is 172 g/mol. The van der Waals surface area contributed by atoms with Gasteiger partial charge in [0.15, 0.2) is 0 Å². The highest BCUT2D eigenvalue weighted by Crippen LogP contribution is 2.35. The Bertz CT molecular complexity index is 108. The minimum Gasteiger partial charge on any atom is -0.176 e. The van der Waals surface area contributed by atoms with Crippen LogP contribution in [-0.4, -0.2) is 16.3 Å². The Labute approximate surface area is 79.9 Å². The Morgan fingerprint density at radius 2 is 2.18 bits per heavy atom. The minimum absolute atomic E-state index is 0.580. The third-order valence-electron chi connectivity index (χ3n) is 2.13. The van der Waals surface area contributed by atoms with Crippen LogP contribution in [0.4, 0.5) is 0 Å². The van der Waals surface area contributed by atoms with Crippen LogP contribution in [0.15, 0.2) is 0 Å². The van der Waals surface area contributed by atoms with Gasteiger partial charge in [0.25, 0.3) is 0 Å². The van der Waals surface area contributed by atoms with Crippen molar-refractivity contribution in [2.75, 3.05) is 5.75 Å². The predicted molar refractivity (Wildman–Crippen MR) is 57.7 cm³/mol. The molecule has 3 unspecified atom stereocenters. The number of hydrogen-bond donors (Lipinski definition) is 1. The molecule has 0 bridgehead atoms. The van der Waals surface area contributed by atoms with Crippen LogP contribution < -0.4 is 0 Å². The zero-order valence-electron chi connectivity index (χ0n) is 7.42. The first-order valence-electron chi connectivity index (χ1n) is 4.48. The second kappa shape index (κ2) is 4.66. The predicted octanol–water partition coefficient (Wildman–Crippen LogP) is 3.23. The second-order valence-corrected chi connectivity index (χ2v) is 5.94. The van der Waals surface area contributed by atoms with Gasteiger partial charge in [-0.15, -0.1) is 0 Å². The number of rotatable bonds is 5. The van der Waals surface area contributed by atoms with E-state index in [4.69, 9.17) is 0 Å². The third-order valence-corrected chi connectivity index (χ3v) is 3.38. The number of thioether (sulfide) groups is 1. The van der Waals surface area contributed by atoms with Crippen LogP contribution in [0.3, 0.4) is 0 Å². The van der Waals surface area contributed by atoms with Crippen LogP contribution in [0.5, 0.6) is 0 Å². The quantitative estimate of drug-likeness (QED) is 0.513. The molecule has 0 aliphatic carbocycles. The third kappa shape index (κ3) is 5.02. The highest BCUT2D eigenvalue weighted by molar-refractivity contribution is 8.06. The van der Waals surface area contributed by atoms with Crippen LogP contribution in [0.25, 0.3) is 0 Å². The van der Waals surface area contributed by atoms with Crippen LogP contribution >= 0.6 is 24.4 Å². The monoisotopic (exact) mass is 190 g/mol. The van der Waals surface area contributed by atoms with Crippen LogP contribution in [0, 0.1) is 5.92 Å². The number of hydrogen-bond acceptors (Lipinski definition) is 2. The lowest BCUT2D eigenvalue weighted by molar-refractivity contribution is 0.480. The largest absolute Gasteiger partial charge is 0.176 e. The van der Waals surface area contributed by atoms with Crippen molar-refractivity contribution in [2.45, 2.75) is 43.6 Å². The molecule has 0 radical (unpaired) electrons. The summed E-state index contributed by atoms with van der Waals surface area (Å²) in [7, 11) is 0. The molecule has 11 heavy (non-hydrogen) atoms. The van der Waals surface area contributed by atoms with E-state index in [0.29, 0.717) is 5.25 Å². The smallest absolute Gasteiger partial charge is 0.0138 e. The van der Waals surface area contributed by atoms with E-state index in [9.17, 15) is 0 Å². The van der Waals surface area contributed by atoms with Gasteiger partial charge in [0, 0.05) is 11.0 Å². The highest BCUT2D eigenvalue weighted by atomic mass is 32.2. The van der Waals surface area contributed by atoms with Crippen LogP contribution in [-0.2, 0) is 0 Å². The Hall–Kier alpha value is 0.700. The molecule has 0 aromatic rings. The molecule has 1 aliphatic rings. The fourth-order valence-electron chi connectivity index (χ4n) is 1.41. The van der Waals surface area contributed by atoms with E-state index in [1.807, 2.05) is 0 Å². The molecule has 1 rings (SSSR count). The molecule has 66 valence electrons. The fourth-order valence-corrected chi connectivity index (χ4v) is 2.37. The maximum Gasteiger partial charge on any atom is 0.0138 e. The van der Waals surface area contributed by atoms with E-state index in [-0.39, 0.29) is 0 Å². The molecule has 1 fully saturated rings. The molecule has 0 aromatic carbocycles. The van der Waals surface area contributed by atoms with Gasteiger partial charge in [0.2, 0.25) is 0 Å². The van der Waals surface area contributed by atoms with Gasteiger partial charge in [0.05, 0.1) is 0 Å².